The summed E-state index contributed by atoms with van der Waals surface area (Å²) >= 11 is 0. The molecule has 0 aliphatic rings. The summed E-state index contributed by atoms with van der Waals surface area (Å²) in [5.41, 5.74) is 5.48. The lowest BCUT2D eigenvalue weighted by atomic mass is 10.1. The van der Waals surface area contributed by atoms with Gasteiger partial charge in [-0.2, -0.15) is 0 Å². The highest BCUT2D eigenvalue weighted by molar-refractivity contribution is 5.11. The Hall–Kier alpha value is -1.10. The van der Waals surface area contributed by atoms with Gasteiger partial charge in [0.05, 0.1) is 6.04 Å². The van der Waals surface area contributed by atoms with Gasteiger partial charge in [0.2, 0.25) is 0 Å². The molecule has 1 aromatic rings. The third-order valence-corrected chi connectivity index (χ3v) is 1.49. The van der Waals surface area contributed by atoms with E-state index in [0.717, 1.165) is 6.92 Å². The number of alkyl halides is 2. The minimum atomic E-state index is -2.94. The van der Waals surface area contributed by atoms with Crippen molar-refractivity contribution in [3.05, 3.63) is 24.3 Å². The second kappa shape index (κ2) is 3.10. The van der Waals surface area contributed by atoms with Crippen LogP contribution in [0.25, 0.3) is 0 Å². The topological polar surface area (TPSA) is 51.8 Å². The second-order valence-corrected chi connectivity index (χ2v) is 2.61. The van der Waals surface area contributed by atoms with Crippen molar-refractivity contribution >= 4 is 0 Å². The number of hydrogen-bond acceptors (Lipinski definition) is 3. The largest absolute Gasteiger partial charge is 0.319 e. The minimum Gasteiger partial charge on any atom is -0.319 e. The van der Waals surface area contributed by atoms with Crippen LogP contribution in [0.2, 0.25) is 0 Å². The van der Waals surface area contributed by atoms with E-state index < -0.39 is 12.0 Å². The standard InChI is InChI=1S/C7H9F2N3/c1-7(8,9)6(10)5-2-11-4-12-3-5/h2-4,6H,10H2,1H3. The molecule has 1 aromatic heterocycles. The molecule has 0 aliphatic heterocycles. The Balaban J connectivity index is 2.86. The van der Waals surface area contributed by atoms with Crippen LogP contribution in [0.4, 0.5) is 8.78 Å². The van der Waals surface area contributed by atoms with Crippen molar-refractivity contribution < 1.29 is 8.78 Å². The monoisotopic (exact) mass is 173 g/mol. The van der Waals surface area contributed by atoms with E-state index in [9.17, 15) is 8.78 Å². The van der Waals surface area contributed by atoms with Gasteiger partial charge in [-0.15, -0.1) is 0 Å². The van der Waals surface area contributed by atoms with Gasteiger partial charge in [-0.05, 0) is 0 Å². The number of halogens is 2. The van der Waals surface area contributed by atoms with Crippen molar-refractivity contribution in [1.82, 2.24) is 9.97 Å². The van der Waals surface area contributed by atoms with Gasteiger partial charge in [-0.25, -0.2) is 18.7 Å². The highest BCUT2D eigenvalue weighted by atomic mass is 19.3. The van der Waals surface area contributed by atoms with E-state index in [-0.39, 0.29) is 5.56 Å². The Kier molecular flexibility index (Phi) is 2.32. The highest BCUT2D eigenvalue weighted by Crippen LogP contribution is 2.27. The van der Waals surface area contributed by atoms with Crippen LogP contribution in [0.3, 0.4) is 0 Å². The molecular weight excluding hydrogens is 164 g/mol. The first-order chi connectivity index (χ1) is 5.52. The van der Waals surface area contributed by atoms with Crippen molar-refractivity contribution in [2.45, 2.75) is 18.9 Å². The molecule has 0 radical (unpaired) electrons. The van der Waals surface area contributed by atoms with Crippen LogP contribution in [0, 0.1) is 0 Å². The Labute approximate surface area is 68.6 Å². The molecule has 3 nitrogen and oxygen atoms in total. The molecule has 0 bridgehead atoms. The SMILES string of the molecule is CC(F)(F)C(N)c1cncnc1. The summed E-state index contributed by atoms with van der Waals surface area (Å²) in [4.78, 5) is 7.19. The molecule has 0 aromatic carbocycles. The maximum absolute atomic E-state index is 12.6. The van der Waals surface area contributed by atoms with E-state index in [1.54, 1.807) is 0 Å². The lowest BCUT2D eigenvalue weighted by molar-refractivity contribution is -0.00640. The van der Waals surface area contributed by atoms with Gasteiger partial charge >= 0.3 is 0 Å². The first-order valence-electron chi connectivity index (χ1n) is 3.40. The van der Waals surface area contributed by atoms with Crippen LogP contribution < -0.4 is 5.73 Å². The summed E-state index contributed by atoms with van der Waals surface area (Å²) in [7, 11) is 0. The summed E-state index contributed by atoms with van der Waals surface area (Å²) < 4.78 is 25.2. The van der Waals surface area contributed by atoms with Gasteiger partial charge in [0.25, 0.3) is 5.92 Å². The van der Waals surface area contributed by atoms with Crippen molar-refractivity contribution in [2.24, 2.45) is 5.73 Å². The summed E-state index contributed by atoms with van der Waals surface area (Å²) in [6.45, 7) is 0.769. The number of nitrogens with zero attached hydrogens (tertiary/aromatic N) is 2. The zero-order valence-electron chi connectivity index (χ0n) is 6.54. The van der Waals surface area contributed by atoms with Gasteiger partial charge in [-0.3, -0.25) is 0 Å². The first-order valence-corrected chi connectivity index (χ1v) is 3.40. The van der Waals surface area contributed by atoms with Crippen LogP contribution in [0.15, 0.2) is 18.7 Å². The molecule has 0 saturated carbocycles. The second-order valence-electron chi connectivity index (χ2n) is 2.61. The third kappa shape index (κ3) is 1.94. The van der Waals surface area contributed by atoms with E-state index in [2.05, 4.69) is 9.97 Å². The molecule has 0 saturated heterocycles. The van der Waals surface area contributed by atoms with Gasteiger partial charge in [0.15, 0.2) is 0 Å². The first kappa shape index (κ1) is 8.99. The molecule has 2 N–H and O–H groups in total. The molecule has 0 aliphatic carbocycles. The maximum Gasteiger partial charge on any atom is 0.264 e. The Morgan fingerprint density at radius 1 is 1.42 bits per heavy atom. The normalized spacial score (nSPS) is 14.3. The van der Waals surface area contributed by atoms with E-state index in [0.29, 0.717) is 0 Å². The predicted octanol–water partition coefficient (Wildman–Crippen LogP) is 1.13. The lowest BCUT2D eigenvalue weighted by Crippen LogP contribution is -2.29. The van der Waals surface area contributed by atoms with E-state index >= 15 is 0 Å². The minimum absolute atomic E-state index is 0.241. The smallest absolute Gasteiger partial charge is 0.264 e. The fourth-order valence-electron chi connectivity index (χ4n) is 0.764. The maximum atomic E-state index is 12.6. The van der Waals surface area contributed by atoms with Crippen LogP contribution in [-0.2, 0) is 0 Å². The number of rotatable bonds is 2. The molecule has 1 rings (SSSR count). The molecule has 0 fully saturated rings. The average molecular weight is 173 g/mol. The summed E-state index contributed by atoms with van der Waals surface area (Å²) in [5, 5.41) is 0. The number of aromatic nitrogens is 2. The summed E-state index contributed by atoms with van der Waals surface area (Å²) in [5.74, 6) is -2.94. The van der Waals surface area contributed by atoms with Crippen LogP contribution in [0.1, 0.15) is 18.5 Å². The molecule has 1 unspecified atom stereocenters. The third-order valence-electron chi connectivity index (χ3n) is 1.49. The molecule has 0 amide bonds. The van der Waals surface area contributed by atoms with Gasteiger partial charge in [0.1, 0.15) is 6.33 Å². The molecule has 0 spiro atoms. The molecular formula is C7H9F2N3. The Morgan fingerprint density at radius 2 is 1.92 bits per heavy atom. The van der Waals surface area contributed by atoms with Crippen molar-refractivity contribution in [1.29, 1.82) is 0 Å². The average Bonchev–Trinajstić information content (AvgIpc) is 2.03. The number of nitrogens with two attached hydrogens (primary N) is 1. The molecule has 66 valence electrons. The zero-order valence-corrected chi connectivity index (χ0v) is 6.54. The molecule has 1 atom stereocenters. The molecule has 5 heteroatoms. The molecule has 12 heavy (non-hydrogen) atoms. The van der Waals surface area contributed by atoms with Gasteiger partial charge in [0, 0.05) is 24.9 Å². The Morgan fingerprint density at radius 3 is 2.33 bits per heavy atom. The quantitative estimate of drug-likeness (QED) is 0.729. The van der Waals surface area contributed by atoms with Crippen LogP contribution in [0.5, 0.6) is 0 Å². The van der Waals surface area contributed by atoms with E-state index in [4.69, 9.17) is 5.73 Å². The summed E-state index contributed by atoms with van der Waals surface area (Å²) in [6.07, 6.45) is 3.84. The fraction of sp³-hybridized carbons (Fsp3) is 0.429. The van der Waals surface area contributed by atoms with Gasteiger partial charge in [-0.1, -0.05) is 0 Å². The molecule has 1 heterocycles. The van der Waals surface area contributed by atoms with Crippen molar-refractivity contribution in [2.75, 3.05) is 0 Å². The zero-order chi connectivity index (χ0) is 9.19. The van der Waals surface area contributed by atoms with Crippen LogP contribution in [-0.4, -0.2) is 15.9 Å². The van der Waals surface area contributed by atoms with Gasteiger partial charge < -0.3 is 5.73 Å². The van der Waals surface area contributed by atoms with E-state index in [1.807, 2.05) is 0 Å². The van der Waals surface area contributed by atoms with Crippen molar-refractivity contribution in [3.63, 3.8) is 0 Å². The Bertz CT molecular complexity index is 245. The predicted molar refractivity (Wildman–Crippen MR) is 39.6 cm³/mol. The number of hydrogen-bond donors (Lipinski definition) is 1. The highest BCUT2D eigenvalue weighted by Gasteiger charge is 2.32. The van der Waals surface area contributed by atoms with E-state index in [1.165, 1.54) is 18.7 Å². The lowest BCUT2D eigenvalue weighted by Gasteiger charge is -2.18. The fourth-order valence-corrected chi connectivity index (χ4v) is 0.764. The van der Waals surface area contributed by atoms with Crippen LogP contribution >= 0.6 is 0 Å². The summed E-state index contributed by atoms with van der Waals surface area (Å²) in [6, 6.07) is -1.33. The van der Waals surface area contributed by atoms with Crippen molar-refractivity contribution in [3.8, 4) is 0 Å².